The molecule has 0 radical (unpaired) electrons. The number of hydrogen-bond acceptors (Lipinski definition) is 3. The van der Waals surface area contributed by atoms with Crippen LogP contribution in [0.15, 0.2) is 30.6 Å². The standard InChI is InChI=1S/C14H16ClFN4O2/c1-20-5-4-17-13(20)8-19-14(22)18-7-12(21)9-2-3-10(15)11(16)6-9/h2-6,12,21H,7-8H2,1H3,(H2,18,19,22)/t12-/m1/s1. The molecule has 0 spiro atoms. The van der Waals surface area contributed by atoms with E-state index in [0.717, 1.165) is 6.07 Å². The molecule has 118 valence electrons. The average molecular weight is 327 g/mol. The Morgan fingerprint density at radius 2 is 2.27 bits per heavy atom. The van der Waals surface area contributed by atoms with Gasteiger partial charge in [0, 0.05) is 26.0 Å². The Balaban J connectivity index is 1.80. The predicted molar refractivity (Wildman–Crippen MR) is 79.8 cm³/mol. The van der Waals surface area contributed by atoms with Crippen LogP contribution in [0.5, 0.6) is 0 Å². The molecule has 3 N–H and O–H groups in total. The number of carbonyl (C=O) groups is 1. The molecule has 2 amide bonds. The van der Waals surface area contributed by atoms with Crippen molar-refractivity contribution < 1.29 is 14.3 Å². The minimum absolute atomic E-state index is 0.0169. The van der Waals surface area contributed by atoms with Crippen molar-refractivity contribution in [1.29, 1.82) is 0 Å². The fraction of sp³-hybridized carbons (Fsp3) is 0.286. The molecule has 0 saturated carbocycles. The number of carbonyl (C=O) groups excluding carboxylic acids is 1. The highest BCUT2D eigenvalue weighted by atomic mass is 35.5. The molecule has 6 nitrogen and oxygen atoms in total. The van der Waals surface area contributed by atoms with Crippen LogP contribution < -0.4 is 10.6 Å². The summed E-state index contributed by atoms with van der Waals surface area (Å²) in [6.07, 6.45) is 2.38. The Bertz CT molecular complexity index is 662. The third kappa shape index (κ3) is 4.19. The first-order chi connectivity index (χ1) is 10.5. The van der Waals surface area contributed by atoms with Crippen molar-refractivity contribution in [1.82, 2.24) is 20.2 Å². The minimum atomic E-state index is -1.02. The quantitative estimate of drug-likeness (QED) is 0.783. The first-order valence-corrected chi connectivity index (χ1v) is 6.96. The predicted octanol–water partition coefficient (Wildman–Crippen LogP) is 1.75. The Morgan fingerprint density at radius 1 is 1.50 bits per heavy atom. The van der Waals surface area contributed by atoms with Crippen molar-refractivity contribution in [2.75, 3.05) is 6.54 Å². The highest BCUT2D eigenvalue weighted by Gasteiger charge is 2.12. The number of halogens is 2. The van der Waals surface area contributed by atoms with E-state index in [2.05, 4.69) is 15.6 Å². The molecule has 2 aromatic rings. The van der Waals surface area contributed by atoms with Crippen molar-refractivity contribution in [2.24, 2.45) is 7.05 Å². The van der Waals surface area contributed by atoms with Gasteiger partial charge < -0.3 is 20.3 Å². The third-order valence-corrected chi connectivity index (χ3v) is 3.42. The summed E-state index contributed by atoms with van der Waals surface area (Å²) in [5.41, 5.74) is 0.339. The van der Waals surface area contributed by atoms with Crippen molar-refractivity contribution in [3.63, 3.8) is 0 Å². The molecule has 8 heteroatoms. The molecule has 1 aromatic carbocycles. The van der Waals surface area contributed by atoms with E-state index in [1.807, 2.05) is 7.05 Å². The molecular weight excluding hydrogens is 311 g/mol. The second-order valence-electron chi connectivity index (χ2n) is 4.71. The topological polar surface area (TPSA) is 79.2 Å². The molecule has 1 atom stereocenters. The van der Waals surface area contributed by atoms with Gasteiger partial charge in [-0.3, -0.25) is 0 Å². The van der Waals surface area contributed by atoms with Crippen LogP contribution in [0, 0.1) is 5.82 Å². The number of aryl methyl sites for hydroxylation is 1. The Morgan fingerprint density at radius 3 is 2.91 bits per heavy atom. The van der Waals surface area contributed by atoms with E-state index in [1.54, 1.807) is 17.0 Å². The number of hydrogen-bond donors (Lipinski definition) is 3. The summed E-state index contributed by atoms with van der Waals surface area (Å²) in [5.74, 6) is 0.0907. The Labute approximate surface area is 131 Å². The fourth-order valence-electron chi connectivity index (χ4n) is 1.82. The van der Waals surface area contributed by atoms with Gasteiger partial charge in [0.25, 0.3) is 0 Å². The molecule has 0 saturated heterocycles. The Hall–Kier alpha value is -2.12. The van der Waals surface area contributed by atoms with Gasteiger partial charge in [0.1, 0.15) is 11.6 Å². The summed E-state index contributed by atoms with van der Waals surface area (Å²) < 4.78 is 15.1. The third-order valence-electron chi connectivity index (χ3n) is 3.11. The van der Waals surface area contributed by atoms with Gasteiger partial charge >= 0.3 is 6.03 Å². The van der Waals surface area contributed by atoms with Gasteiger partial charge in [-0.1, -0.05) is 17.7 Å². The normalized spacial score (nSPS) is 12.0. The first-order valence-electron chi connectivity index (χ1n) is 6.58. The lowest BCUT2D eigenvalue weighted by Gasteiger charge is -2.13. The monoisotopic (exact) mass is 326 g/mol. The number of aromatic nitrogens is 2. The summed E-state index contributed by atoms with van der Waals surface area (Å²) in [6, 6.07) is 3.55. The molecule has 0 aliphatic carbocycles. The smallest absolute Gasteiger partial charge is 0.315 e. The largest absolute Gasteiger partial charge is 0.387 e. The molecule has 1 heterocycles. The second-order valence-corrected chi connectivity index (χ2v) is 5.11. The molecule has 0 aliphatic heterocycles. The van der Waals surface area contributed by atoms with Gasteiger partial charge in [-0.05, 0) is 17.7 Å². The van der Waals surface area contributed by atoms with Crippen LogP contribution in [0.2, 0.25) is 5.02 Å². The van der Waals surface area contributed by atoms with Crippen LogP contribution in [-0.2, 0) is 13.6 Å². The molecule has 0 aliphatic rings. The van der Waals surface area contributed by atoms with Crippen LogP contribution in [0.1, 0.15) is 17.5 Å². The highest BCUT2D eigenvalue weighted by molar-refractivity contribution is 6.30. The summed E-state index contributed by atoms with van der Waals surface area (Å²) in [6.45, 7) is 0.217. The van der Waals surface area contributed by atoms with E-state index in [9.17, 15) is 14.3 Å². The zero-order valence-electron chi connectivity index (χ0n) is 11.9. The lowest BCUT2D eigenvalue weighted by atomic mass is 10.1. The van der Waals surface area contributed by atoms with Gasteiger partial charge in [0.15, 0.2) is 0 Å². The van der Waals surface area contributed by atoms with Gasteiger partial charge in [-0.2, -0.15) is 0 Å². The number of rotatable bonds is 5. The van der Waals surface area contributed by atoms with E-state index in [1.165, 1.54) is 12.1 Å². The van der Waals surface area contributed by atoms with Gasteiger partial charge in [0.05, 0.1) is 17.7 Å². The van der Waals surface area contributed by atoms with Crippen molar-refractivity contribution >= 4 is 17.6 Å². The molecule has 0 fully saturated rings. The Kier molecular flexibility index (Phi) is 5.35. The number of aliphatic hydroxyl groups is 1. The van der Waals surface area contributed by atoms with Crippen molar-refractivity contribution in [3.8, 4) is 0 Å². The lowest BCUT2D eigenvalue weighted by Crippen LogP contribution is -2.37. The van der Waals surface area contributed by atoms with E-state index >= 15 is 0 Å². The summed E-state index contributed by atoms with van der Waals surface area (Å²) in [4.78, 5) is 15.7. The first kappa shape index (κ1) is 16.3. The zero-order chi connectivity index (χ0) is 16.1. The summed E-state index contributed by atoms with van der Waals surface area (Å²) in [7, 11) is 1.82. The molecule has 0 unspecified atom stereocenters. The van der Waals surface area contributed by atoms with Crippen LogP contribution in [0.3, 0.4) is 0 Å². The number of urea groups is 1. The maximum Gasteiger partial charge on any atom is 0.315 e. The van der Waals surface area contributed by atoms with E-state index in [-0.39, 0.29) is 18.1 Å². The molecule has 2 rings (SSSR count). The van der Waals surface area contributed by atoms with Gasteiger partial charge in [-0.15, -0.1) is 0 Å². The maximum atomic E-state index is 13.3. The van der Waals surface area contributed by atoms with Crippen molar-refractivity contribution in [3.05, 3.63) is 52.8 Å². The number of aliphatic hydroxyl groups excluding tert-OH is 1. The van der Waals surface area contributed by atoms with Crippen LogP contribution in [0.4, 0.5) is 9.18 Å². The lowest BCUT2D eigenvalue weighted by molar-refractivity contribution is 0.172. The van der Waals surface area contributed by atoms with E-state index < -0.39 is 18.0 Å². The van der Waals surface area contributed by atoms with Gasteiger partial charge in [0.2, 0.25) is 0 Å². The van der Waals surface area contributed by atoms with Crippen LogP contribution in [0.25, 0.3) is 0 Å². The fourth-order valence-corrected chi connectivity index (χ4v) is 1.93. The molecule has 0 bridgehead atoms. The average Bonchev–Trinajstić information content (AvgIpc) is 2.90. The second kappa shape index (κ2) is 7.24. The number of nitrogens with one attached hydrogen (secondary N) is 2. The van der Waals surface area contributed by atoms with Crippen LogP contribution >= 0.6 is 11.6 Å². The van der Waals surface area contributed by atoms with Gasteiger partial charge in [-0.25, -0.2) is 14.2 Å². The number of nitrogens with zero attached hydrogens (tertiary/aromatic N) is 2. The van der Waals surface area contributed by atoms with E-state index in [0.29, 0.717) is 11.4 Å². The SMILES string of the molecule is Cn1ccnc1CNC(=O)NC[C@@H](O)c1ccc(Cl)c(F)c1. The van der Waals surface area contributed by atoms with Crippen molar-refractivity contribution in [2.45, 2.75) is 12.6 Å². The number of amides is 2. The highest BCUT2D eigenvalue weighted by Crippen LogP contribution is 2.19. The maximum absolute atomic E-state index is 13.3. The minimum Gasteiger partial charge on any atom is -0.387 e. The van der Waals surface area contributed by atoms with E-state index in [4.69, 9.17) is 11.6 Å². The summed E-state index contributed by atoms with van der Waals surface area (Å²) >= 11 is 5.57. The number of imidazole rings is 1. The zero-order valence-corrected chi connectivity index (χ0v) is 12.6. The molecular formula is C14H16ClFN4O2. The molecule has 22 heavy (non-hydrogen) atoms. The number of benzene rings is 1. The van der Waals surface area contributed by atoms with Crippen LogP contribution in [-0.4, -0.2) is 27.2 Å². The molecule has 1 aromatic heterocycles. The summed E-state index contributed by atoms with van der Waals surface area (Å²) in [5, 5.41) is 15.0.